The zero-order valence-corrected chi connectivity index (χ0v) is 13.9. The summed E-state index contributed by atoms with van der Waals surface area (Å²) < 4.78 is 0. The fourth-order valence-corrected chi connectivity index (χ4v) is 2.68. The minimum Gasteiger partial charge on any atom is -0.355 e. The first kappa shape index (κ1) is 15.7. The van der Waals surface area contributed by atoms with Crippen molar-refractivity contribution in [2.45, 2.75) is 34.1 Å². The Morgan fingerprint density at radius 3 is 2.52 bits per heavy atom. The van der Waals surface area contributed by atoms with Crippen LogP contribution in [0.15, 0.2) is 29.6 Å². The highest BCUT2D eigenvalue weighted by Gasteiger charge is 2.20. The lowest BCUT2D eigenvalue weighted by atomic mass is 9.96. The minimum atomic E-state index is -0.338. The number of benzene rings is 1. The van der Waals surface area contributed by atoms with E-state index in [1.165, 1.54) is 5.56 Å². The maximum Gasteiger partial charge on any atom is 0.225 e. The van der Waals surface area contributed by atoms with Crippen molar-refractivity contribution in [1.29, 1.82) is 0 Å². The van der Waals surface area contributed by atoms with Crippen LogP contribution in [0.5, 0.6) is 0 Å². The van der Waals surface area contributed by atoms with Crippen LogP contribution in [-0.2, 0) is 11.2 Å². The van der Waals surface area contributed by atoms with Crippen molar-refractivity contribution in [3.8, 4) is 10.6 Å². The molecule has 0 aliphatic rings. The van der Waals surface area contributed by atoms with Crippen LogP contribution in [0.3, 0.4) is 0 Å². The van der Waals surface area contributed by atoms with Crippen LogP contribution < -0.4 is 5.32 Å². The van der Waals surface area contributed by atoms with Gasteiger partial charge in [-0.1, -0.05) is 50.6 Å². The Kier molecular flexibility index (Phi) is 4.78. The number of carbonyl (C=O) groups is 1. The van der Waals surface area contributed by atoms with Gasteiger partial charge in [0.2, 0.25) is 5.91 Å². The molecule has 1 N–H and O–H groups in total. The van der Waals surface area contributed by atoms with E-state index in [0.29, 0.717) is 6.54 Å². The number of thiazole rings is 1. The summed E-state index contributed by atoms with van der Waals surface area (Å²) in [4.78, 5) is 16.4. The Morgan fingerprint density at radius 1 is 1.24 bits per heavy atom. The second-order valence-electron chi connectivity index (χ2n) is 6.27. The van der Waals surface area contributed by atoms with Gasteiger partial charge in [-0.05, 0) is 6.92 Å². The van der Waals surface area contributed by atoms with E-state index in [9.17, 15) is 4.79 Å². The van der Waals surface area contributed by atoms with E-state index >= 15 is 0 Å². The van der Waals surface area contributed by atoms with Gasteiger partial charge in [0.15, 0.2) is 0 Å². The average molecular weight is 302 g/mol. The number of rotatable bonds is 4. The third-order valence-electron chi connectivity index (χ3n) is 3.20. The molecule has 0 atom stereocenters. The quantitative estimate of drug-likeness (QED) is 0.933. The molecule has 0 radical (unpaired) electrons. The number of nitrogens with zero attached hydrogens (tertiary/aromatic N) is 1. The molecule has 2 rings (SSSR count). The summed E-state index contributed by atoms with van der Waals surface area (Å²) in [6.45, 7) is 8.46. The molecular formula is C17H22N2OS. The maximum atomic E-state index is 11.8. The third-order valence-corrected chi connectivity index (χ3v) is 4.14. The molecule has 0 fully saturated rings. The molecule has 1 aromatic carbocycles. The van der Waals surface area contributed by atoms with Crippen molar-refractivity contribution >= 4 is 17.2 Å². The van der Waals surface area contributed by atoms with Crippen molar-refractivity contribution in [1.82, 2.24) is 10.3 Å². The van der Waals surface area contributed by atoms with Crippen LogP contribution in [0.1, 0.15) is 32.0 Å². The summed E-state index contributed by atoms with van der Waals surface area (Å²) in [5.74, 6) is 0.0801. The molecule has 0 spiro atoms. The Labute approximate surface area is 130 Å². The van der Waals surface area contributed by atoms with E-state index in [4.69, 9.17) is 0 Å². The van der Waals surface area contributed by atoms with E-state index in [-0.39, 0.29) is 11.3 Å². The topological polar surface area (TPSA) is 42.0 Å². The van der Waals surface area contributed by atoms with E-state index in [2.05, 4.69) is 46.9 Å². The van der Waals surface area contributed by atoms with Crippen LogP contribution in [0, 0.1) is 12.3 Å². The number of carbonyl (C=O) groups excluding carboxylic acids is 1. The smallest absolute Gasteiger partial charge is 0.225 e. The molecule has 0 saturated carbocycles. The predicted octanol–water partition coefficient (Wildman–Crippen LogP) is 3.82. The Morgan fingerprint density at radius 2 is 1.90 bits per heavy atom. The second-order valence-corrected chi connectivity index (χ2v) is 7.12. The maximum absolute atomic E-state index is 11.8. The van der Waals surface area contributed by atoms with E-state index in [1.54, 1.807) is 11.3 Å². The Hall–Kier alpha value is -1.68. The number of hydrogen-bond donors (Lipinski definition) is 1. The van der Waals surface area contributed by atoms with Gasteiger partial charge in [0.1, 0.15) is 5.01 Å². The summed E-state index contributed by atoms with van der Waals surface area (Å²) in [7, 11) is 0. The van der Waals surface area contributed by atoms with E-state index in [1.807, 2.05) is 20.8 Å². The van der Waals surface area contributed by atoms with Crippen molar-refractivity contribution in [2.75, 3.05) is 6.54 Å². The van der Waals surface area contributed by atoms with Crippen molar-refractivity contribution in [3.05, 3.63) is 40.9 Å². The molecule has 1 heterocycles. The lowest BCUT2D eigenvalue weighted by Gasteiger charge is -2.17. The zero-order chi connectivity index (χ0) is 15.5. The molecule has 112 valence electrons. The zero-order valence-electron chi connectivity index (χ0n) is 13.1. The Bertz CT molecular complexity index is 608. The molecule has 21 heavy (non-hydrogen) atoms. The summed E-state index contributed by atoms with van der Waals surface area (Å²) in [5, 5.41) is 6.06. The van der Waals surface area contributed by atoms with Crippen LogP contribution in [0.25, 0.3) is 10.6 Å². The molecule has 0 aliphatic heterocycles. The molecule has 1 aromatic heterocycles. The number of nitrogens with one attached hydrogen (secondary N) is 1. The highest BCUT2D eigenvalue weighted by Crippen LogP contribution is 2.24. The third kappa shape index (κ3) is 4.39. The molecule has 0 saturated heterocycles. The van der Waals surface area contributed by atoms with E-state index in [0.717, 1.165) is 22.7 Å². The monoisotopic (exact) mass is 302 g/mol. The van der Waals surface area contributed by atoms with E-state index < -0.39 is 0 Å². The first-order valence-corrected chi connectivity index (χ1v) is 8.04. The van der Waals surface area contributed by atoms with Gasteiger partial charge < -0.3 is 5.32 Å². The predicted molar refractivity (Wildman–Crippen MR) is 88.5 cm³/mol. The number of hydrogen-bond acceptors (Lipinski definition) is 3. The van der Waals surface area contributed by atoms with Crippen molar-refractivity contribution in [2.24, 2.45) is 5.41 Å². The van der Waals surface area contributed by atoms with Crippen LogP contribution in [0.2, 0.25) is 0 Å². The molecule has 0 unspecified atom stereocenters. The summed E-state index contributed by atoms with van der Waals surface area (Å²) in [5.41, 5.74) is 3.09. The summed E-state index contributed by atoms with van der Waals surface area (Å²) >= 11 is 1.65. The molecule has 3 nitrogen and oxygen atoms in total. The molecule has 4 heteroatoms. The van der Waals surface area contributed by atoms with Crippen LogP contribution >= 0.6 is 11.3 Å². The van der Waals surface area contributed by atoms with Crippen LogP contribution in [0.4, 0.5) is 0 Å². The summed E-state index contributed by atoms with van der Waals surface area (Å²) in [6, 6.07) is 8.39. The van der Waals surface area contributed by atoms with Gasteiger partial charge in [-0.15, -0.1) is 11.3 Å². The fraction of sp³-hybridized carbons (Fsp3) is 0.412. The standard InChI is InChI=1S/C17H22N2OS/c1-12-5-7-13(8-6-12)15-19-14(11-21-15)9-10-18-16(20)17(2,3)4/h5-8,11H,9-10H2,1-4H3,(H,18,20). The largest absolute Gasteiger partial charge is 0.355 e. The summed E-state index contributed by atoms with van der Waals surface area (Å²) in [6.07, 6.45) is 0.768. The fourth-order valence-electron chi connectivity index (χ4n) is 1.82. The lowest BCUT2D eigenvalue weighted by Crippen LogP contribution is -2.35. The van der Waals surface area contributed by atoms with Gasteiger partial charge in [-0.25, -0.2) is 4.98 Å². The van der Waals surface area contributed by atoms with Gasteiger partial charge in [-0.2, -0.15) is 0 Å². The molecular weight excluding hydrogens is 280 g/mol. The minimum absolute atomic E-state index is 0.0801. The van der Waals surface area contributed by atoms with Crippen molar-refractivity contribution < 1.29 is 4.79 Å². The molecule has 0 bridgehead atoms. The average Bonchev–Trinajstić information content (AvgIpc) is 2.87. The van der Waals surface area contributed by atoms with Gasteiger partial charge in [0.25, 0.3) is 0 Å². The first-order chi connectivity index (χ1) is 9.86. The van der Waals surface area contributed by atoms with Gasteiger partial charge in [0.05, 0.1) is 5.69 Å². The van der Waals surface area contributed by atoms with Gasteiger partial charge in [0, 0.05) is 29.3 Å². The lowest BCUT2D eigenvalue weighted by molar-refractivity contribution is -0.128. The number of aromatic nitrogens is 1. The second kappa shape index (κ2) is 6.39. The SMILES string of the molecule is Cc1ccc(-c2nc(CCNC(=O)C(C)(C)C)cs2)cc1. The van der Waals surface area contributed by atoms with Crippen LogP contribution in [-0.4, -0.2) is 17.4 Å². The molecule has 2 aromatic rings. The molecule has 0 aliphatic carbocycles. The van der Waals surface area contributed by atoms with Gasteiger partial charge >= 0.3 is 0 Å². The van der Waals surface area contributed by atoms with Gasteiger partial charge in [-0.3, -0.25) is 4.79 Å². The number of aryl methyl sites for hydroxylation is 1. The Balaban J connectivity index is 1.92. The highest BCUT2D eigenvalue weighted by molar-refractivity contribution is 7.13. The normalized spacial score (nSPS) is 11.4. The number of amides is 1. The first-order valence-electron chi connectivity index (χ1n) is 7.16. The molecule has 1 amide bonds. The van der Waals surface area contributed by atoms with Crippen molar-refractivity contribution in [3.63, 3.8) is 0 Å². The highest BCUT2D eigenvalue weighted by atomic mass is 32.1.